The molecule has 0 aliphatic heterocycles. The Hall–Kier alpha value is -0.0400. The lowest BCUT2D eigenvalue weighted by molar-refractivity contribution is 0.125. The molecule has 0 atom stereocenters. The molecule has 0 rings (SSSR count). The van der Waals surface area contributed by atoms with E-state index in [0.29, 0.717) is 0 Å². The van der Waals surface area contributed by atoms with Crippen molar-refractivity contribution in [3.8, 4) is 0 Å². The third-order valence-corrected chi connectivity index (χ3v) is 11.0. The normalized spacial score (nSPS) is 11.6. The Morgan fingerprint density at radius 3 is 0.438 bits per heavy atom. The maximum atomic E-state index is 5.91. The van der Waals surface area contributed by atoms with Crippen molar-refractivity contribution >= 4 is 0 Å². The zero-order valence-corrected chi connectivity index (χ0v) is 34.2. The van der Waals surface area contributed by atoms with Gasteiger partial charge >= 0.3 is 0 Å². The van der Waals surface area contributed by atoms with Crippen molar-refractivity contribution in [2.45, 2.75) is 290 Å². The lowest BCUT2D eigenvalue weighted by Gasteiger charge is -2.06. The molecule has 0 aromatic carbocycles. The van der Waals surface area contributed by atoms with E-state index in [2.05, 4.69) is 13.8 Å². The highest BCUT2D eigenvalue weighted by Crippen LogP contribution is 2.17. The topological polar surface area (TPSA) is 9.23 Å². The van der Waals surface area contributed by atoms with Gasteiger partial charge in [-0.1, -0.05) is 277 Å². The summed E-state index contributed by atoms with van der Waals surface area (Å²) in [7, 11) is 0. The van der Waals surface area contributed by atoms with Crippen LogP contribution in [-0.2, 0) is 4.74 Å². The van der Waals surface area contributed by atoms with E-state index < -0.39 is 0 Å². The molecule has 0 spiro atoms. The highest BCUT2D eigenvalue weighted by molar-refractivity contribution is 4.53. The van der Waals surface area contributed by atoms with Crippen LogP contribution >= 0.6 is 0 Å². The summed E-state index contributed by atoms with van der Waals surface area (Å²) >= 11 is 0. The standard InChI is InChI=1S/C47H96O/c1-3-5-7-9-11-13-15-17-19-21-22-23-24-25-26-27-28-29-31-33-35-37-39-41-43-45-47-48-46-44-42-40-38-36-34-32-30-20-18-16-14-12-10-8-6-4-2/h3-47H2,1-2H3. The highest BCUT2D eigenvalue weighted by atomic mass is 16.5. The Kier molecular flexibility index (Phi) is 46.9. The average Bonchev–Trinajstić information content (AvgIpc) is 3.10. The molecule has 0 fully saturated rings. The van der Waals surface area contributed by atoms with E-state index in [1.54, 1.807) is 0 Å². The molecular weight excluding hydrogens is 581 g/mol. The quantitative estimate of drug-likeness (QED) is 0.0583. The first kappa shape index (κ1) is 48.0. The lowest BCUT2D eigenvalue weighted by atomic mass is 10.0. The molecule has 0 aliphatic carbocycles. The molecule has 1 nitrogen and oxygen atoms in total. The zero-order chi connectivity index (χ0) is 34.5. The summed E-state index contributed by atoms with van der Waals surface area (Å²) in [4.78, 5) is 0. The summed E-state index contributed by atoms with van der Waals surface area (Å²) in [6.45, 7) is 6.61. The minimum absolute atomic E-state index is 0.998. The fourth-order valence-electron chi connectivity index (χ4n) is 7.55. The maximum absolute atomic E-state index is 5.91. The van der Waals surface area contributed by atoms with Gasteiger partial charge < -0.3 is 4.74 Å². The molecule has 0 aromatic rings. The van der Waals surface area contributed by atoms with Crippen molar-refractivity contribution in [3.63, 3.8) is 0 Å². The van der Waals surface area contributed by atoms with E-state index in [-0.39, 0.29) is 0 Å². The lowest BCUT2D eigenvalue weighted by Crippen LogP contribution is -1.97. The summed E-state index contributed by atoms with van der Waals surface area (Å²) in [5, 5.41) is 0. The van der Waals surface area contributed by atoms with Crippen molar-refractivity contribution in [3.05, 3.63) is 0 Å². The van der Waals surface area contributed by atoms with Crippen LogP contribution in [0.25, 0.3) is 0 Å². The molecule has 1 heteroatoms. The van der Waals surface area contributed by atoms with Crippen LogP contribution in [0.1, 0.15) is 290 Å². The smallest absolute Gasteiger partial charge is 0.0466 e. The van der Waals surface area contributed by atoms with Gasteiger partial charge in [-0.3, -0.25) is 0 Å². The summed E-state index contributed by atoms with van der Waals surface area (Å²) in [5.74, 6) is 0. The third-order valence-electron chi connectivity index (χ3n) is 11.0. The highest BCUT2D eigenvalue weighted by Gasteiger charge is 1.98. The second-order valence-electron chi connectivity index (χ2n) is 16.1. The molecule has 0 aromatic heterocycles. The maximum Gasteiger partial charge on any atom is 0.0466 e. The molecule has 290 valence electrons. The first-order valence-electron chi connectivity index (χ1n) is 23.5. The third kappa shape index (κ3) is 46.0. The monoisotopic (exact) mass is 677 g/mol. The molecule has 0 radical (unpaired) electrons. The Labute approximate surface area is 307 Å². The van der Waals surface area contributed by atoms with Gasteiger partial charge in [0.15, 0.2) is 0 Å². The van der Waals surface area contributed by atoms with E-state index in [4.69, 9.17) is 4.74 Å². The Morgan fingerprint density at radius 2 is 0.292 bits per heavy atom. The minimum atomic E-state index is 0.998. The SMILES string of the molecule is CCCCCCCCCCCCCCCCCCCCCCCCCCCCOCCCCCCCCCCCCCCCCCCC. The predicted molar refractivity (Wildman–Crippen MR) is 221 cm³/mol. The Bertz CT molecular complexity index is 469. The van der Waals surface area contributed by atoms with Gasteiger partial charge in [0, 0.05) is 13.2 Å². The van der Waals surface area contributed by atoms with Crippen LogP contribution in [0.4, 0.5) is 0 Å². The van der Waals surface area contributed by atoms with Crippen molar-refractivity contribution in [1.82, 2.24) is 0 Å². The van der Waals surface area contributed by atoms with Gasteiger partial charge in [0.2, 0.25) is 0 Å². The number of hydrogen-bond donors (Lipinski definition) is 0. The van der Waals surface area contributed by atoms with Crippen molar-refractivity contribution in [2.75, 3.05) is 13.2 Å². The number of unbranched alkanes of at least 4 members (excludes halogenated alkanes) is 41. The van der Waals surface area contributed by atoms with E-state index in [0.717, 1.165) is 13.2 Å². The molecular formula is C47H96O. The van der Waals surface area contributed by atoms with Gasteiger partial charge in [-0.05, 0) is 12.8 Å². The fourth-order valence-corrected chi connectivity index (χ4v) is 7.55. The first-order valence-corrected chi connectivity index (χ1v) is 23.5. The van der Waals surface area contributed by atoms with E-state index in [1.165, 1.54) is 276 Å². The van der Waals surface area contributed by atoms with E-state index >= 15 is 0 Å². The largest absolute Gasteiger partial charge is 0.381 e. The molecule has 0 N–H and O–H groups in total. The molecule has 0 aliphatic rings. The van der Waals surface area contributed by atoms with E-state index in [1.807, 2.05) is 0 Å². The average molecular weight is 677 g/mol. The fraction of sp³-hybridized carbons (Fsp3) is 1.00. The van der Waals surface area contributed by atoms with Crippen LogP contribution in [0.15, 0.2) is 0 Å². The second-order valence-corrected chi connectivity index (χ2v) is 16.1. The molecule has 0 bridgehead atoms. The molecule has 0 amide bonds. The second kappa shape index (κ2) is 47.0. The zero-order valence-electron chi connectivity index (χ0n) is 34.2. The summed E-state index contributed by atoms with van der Waals surface area (Å²) in [5.41, 5.74) is 0. The minimum Gasteiger partial charge on any atom is -0.381 e. The molecule has 0 heterocycles. The summed E-state index contributed by atoms with van der Waals surface area (Å²) < 4.78 is 5.91. The number of ether oxygens (including phenoxy) is 1. The molecule has 0 unspecified atom stereocenters. The molecule has 0 saturated heterocycles. The predicted octanol–water partition coefficient (Wildman–Crippen LogP) is 17.8. The Morgan fingerprint density at radius 1 is 0.167 bits per heavy atom. The van der Waals surface area contributed by atoms with Crippen LogP contribution in [-0.4, -0.2) is 13.2 Å². The van der Waals surface area contributed by atoms with Crippen LogP contribution in [0.5, 0.6) is 0 Å². The summed E-state index contributed by atoms with van der Waals surface area (Å²) in [6, 6.07) is 0. The van der Waals surface area contributed by atoms with Crippen LogP contribution < -0.4 is 0 Å². The molecule has 48 heavy (non-hydrogen) atoms. The molecule has 0 saturated carbocycles. The van der Waals surface area contributed by atoms with Crippen LogP contribution in [0, 0.1) is 0 Å². The van der Waals surface area contributed by atoms with Gasteiger partial charge in [-0.2, -0.15) is 0 Å². The van der Waals surface area contributed by atoms with Gasteiger partial charge in [0.1, 0.15) is 0 Å². The van der Waals surface area contributed by atoms with Crippen molar-refractivity contribution in [1.29, 1.82) is 0 Å². The van der Waals surface area contributed by atoms with Gasteiger partial charge in [0.05, 0.1) is 0 Å². The number of hydrogen-bond acceptors (Lipinski definition) is 1. The van der Waals surface area contributed by atoms with Crippen molar-refractivity contribution < 1.29 is 4.74 Å². The number of rotatable bonds is 45. The van der Waals surface area contributed by atoms with Crippen molar-refractivity contribution in [2.24, 2.45) is 0 Å². The summed E-state index contributed by atoms with van der Waals surface area (Å²) in [6.07, 6.45) is 62.5. The van der Waals surface area contributed by atoms with Crippen LogP contribution in [0.2, 0.25) is 0 Å². The van der Waals surface area contributed by atoms with Gasteiger partial charge in [0.25, 0.3) is 0 Å². The Balaban J connectivity index is 3.04. The first-order chi connectivity index (χ1) is 23.9. The van der Waals surface area contributed by atoms with E-state index in [9.17, 15) is 0 Å². The van der Waals surface area contributed by atoms with Gasteiger partial charge in [-0.15, -0.1) is 0 Å². The van der Waals surface area contributed by atoms with Gasteiger partial charge in [-0.25, -0.2) is 0 Å². The van der Waals surface area contributed by atoms with Crippen LogP contribution in [0.3, 0.4) is 0 Å².